The molecule has 1 amide bonds. The van der Waals surface area contributed by atoms with E-state index in [0.717, 1.165) is 11.1 Å². The smallest absolute Gasteiger partial charge is 0.330 e. The van der Waals surface area contributed by atoms with Gasteiger partial charge < -0.3 is 20.2 Å². The Bertz CT molecular complexity index is 1320. The largest absolute Gasteiger partial charge is 0.385 e. The molecular formula is C25H27N5O5. The number of hydrogen-bond donors (Lipinski definition) is 2. The Kier molecular flexibility index (Phi) is 7.41. The van der Waals surface area contributed by atoms with Crippen LogP contribution in [-0.2, 0) is 20.9 Å². The summed E-state index contributed by atoms with van der Waals surface area (Å²) in [6, 6.07) is 18.6. The number of H-pyrrole nitrogens is 1. The van der Waals surface area contributed by atoms with Crippen molar-refractivity contribution in [2.75, 3.05) is 30.9 Å². The number of nitrogens with two attached hydrogens (primary N) is 1. The van der Waals surface area contributed by atoms with Crippen molar-refractivity contribution in [3.8, 4) is 0 Å². The number of aromatic nitrogens is 2. The predicted octanol–water partition coefficient (Wildman–Crippen LogP) is 1.73. The fourth-order valence-electron chi connectivity index (χ4n) is 3.95. The number of oxime groups is 1. The van der Waals surface area contributed by atoms with Gasteiger partial charge in [0, 0.05) is 26.7 Å². The molecule has 4 rings (SSSR count). The van der Waals surface area contributed by atoms with E-state index in [2.05, 4.69) is 10.1 Å². The molecule has 1 atom stereocenters. The molecule has 0 saturated heterocycles. The highest BCUT2D eigenvalue weighted by Crippen LogP contribution is 2.24. The Morgan fingerprint density at radius 2 is 1.86 bits per heavy atom. The van der Waals surface area contributed by atoms with Crippen LogP contribution in [0.3, 0.4) is 0 Å². The Hall–Kier alpha value is -4.18. The number of nitrogen functional groups attached to an aromatic ring is 1. The number of ether oxygens (including phenoxy) is 1. The van der Waals surface area contributed by atoms with Crippen molar-refractivity contribution in [1.29, 1.82) is 0 Å². The summed E-state index contributed by atoms with van der Waals surface area (Å²) in [7, 11) is 1.55. The molecule has 0 bridgehead atoms. The third-order valence-electron chi connectivity index (χ3n) is 5.72. The molecule has 1 aliphatic rings. The third kappa shape index (κ3) is 5.33. The molecular weight excluding hydrogens is 450 g/mol. The average Bonchev–Trinajstić information content (AvgIpc) is 3.37. The minimum atomic E-state index is -0.930. The first-order valence-corrected chi connectivity index (χ1v) is 11.2. The molecule has 10 nitrogen and oxygen atoms in total. The van der Waals surface area contributed by atoms with Crippen LogP contribution < -0.4 is 21.9 Å². The number of carbonyl (C=O) groups is 1. The van der Waals surface area contributed by atoms with Gasteiger partial charge in [-0.1, -0.05) is 65.8 Å². The maximum atomic E-state index is 13.6. The molecule has 3 N–H and O–H groups in total. The van der Waals surface area contributed by atoms with Crippen molar-refractivity contribution in [2.24, 2.45) is 5.16 Å². The third-order valence-corrected chi connectivity index (χ3v) is 5.72. The molecule has 1 aromatic heterocycles. The van der Waals surface area contributed by atoms with Crippen LogP contribution in [0.1, 0.15) is 24.0 Å². The van der Waals surface area contributed by atoms with Crippen LogP contribution in [0, 0.1) is 0 Å². The van der Waals surface area contributed by atoms with Gasteiger partial charge in [0.1, 0.15) is 5.82 Å². The van der Waals surface area contributed by atoms with Crippen LogP contribution in [0.15, 0.2) is 75.4 Å². The van der Waals surface area contributed by atoms with Crippen molar-refractivity contribution in [3.63, 3.8) is 0 Å². The highest BCUT2D eigenvalue weighted by molar-refractivity contribution is 6.07. The van der Waals surface area contributed by atoms with Crippen LogP contribution in [0.4, 0.5) is 11.5 Å². The number of benzene rings is 2. The van der Waals surface area contributed by atoms with E-state index in [4.69, 9.17) is 15.3 Å². The number of hydrogen-bond acceptors (Lipinski definition) is 7. The van der Waals surface area contributed by atoms with E-state index in [-0.39, 0.29) is 31.0 Å². The summed E-state index contributed by atoms with van der Waals surface area (Å²) in [5, 5.41) is 4.09. The lowest BCUT2D eigenvalue weighted by atomic mass is 10.0. The van der Waals surface area contributed by atoms with Gasteiger partial charge in [0.25, 0.3) is 11.5 Å². The molecule has 0 fully saturated rings. The molecule has 2 aromatic carbocycles. The monoisotopic (exact) mass is 477 g/mol. The predicted molar refractivity (Wildman–Crippen MR) is 133 cm³/mol. The number of methoxy groups -OCH3 is 1. The molecule has 0 saturated carbocycles. The number of anilines is 2. The lowest BCUT2D eigenvalue weighted by molar-refractivity contribution is -0.128. The fourth-order valence-corrected chi connectivity index (χ4v) is 3.95. The van der Waals surface area contributed by atoms with E-state index < -0.39 is 23.3 Å². The van der Waals surface area contributed by atoms with Gasteiger partial charge in [0.2, 0.25) is 6.10 Å². The standard InChI is InChI=1S/C25H27N5O5/c1-34-14-8-13-29(24(32)20-15-19(28-35-20)18-11-6-3-7-12-18)21-22(26)30(25(33)27-23(21)31)16-17-9-4-2-5-10-17/h2-7,9-12,20H,8,13-16,26H2,1H3,(H,27,31,33). The highest BCUT2D eigenvalue weighted by Gasteiger charge is 2.35. The van der Waals surface area contributed by atoms with Gasteiger partial charge in [0.05, 0.1) is 12.3 Å². The lowest BCUT2D eigenvalue weighted by Gasteiger charge is -2.26. The first-order valence-electron chi connectivity index (χ1n) is 11.2. The first-order chi connectivity index (χ1) is 17.0. The minimum Gasteiger partial charge on any atom is -0.385 e. The quantitative estimate of drug-likeness (QED) is 0.451. The van der Waals surface area contributed by atoms with Crippen molar-refractivity contribution in [3.05, 3.63) is 92.6 Å². The SMILES string of the molecule is COCCCN(C(=O)C1CC(c2ccccc2)=NO1)c1c(N)n(Cc2ccccc2)c(=O)[nH]c1=O. The summed E-state index contributed by atoms with van der Waals surface area (Å²) in [6.07, 6.45) is -0.246. The Labute approximate surface area is 201 Å². The number of aromatic amines is 1. The van der Waals surface area contributed by atoms with Gasteiger partial charge in [0.15, 0.2) is 5.69 Å². The number of amides is 1. The molecule has 0 aliphatic carbocycles. The molecule has 3 aromatic rings. The topological polar surface area (TPSA) is 132 Å². The summed E-state index contributed by atoms with van der Waals surface area (Å²) < 4.78 is 6.37. The summed E-state index contributed by atoms with van der Waals surface area (Å²) in [4.78, 5) is 48.1. The Morgan fingerprint density at radius 1 is 1.17 bits per heavy atom. The van der Waals surface area contributed by atoms with E-state index in [0.29, 0.717) is 18.7 Å². The first kappa shape index (κ1) is 24.0. The van der Waals surface area contributed by atoms with Gasteiger partial charge in [-0.15, -0.1) is 0 Å². The van der Waals surface area contributed by atoms with E-state index >= 15 is 0 Å². The van der Waals surface area contributed by atoms with Crippen molar-refractivity contribution in [2.45, 2.75) is 25.5 Å². The number of carbonyl (C=O) groups excluding carboxylic acids is 1. The fraction of sp³-hybridized carbons (Fsp3) is 0.280. The van der Waals surface area contributed by atoms with Gasteiger partial charge in [-0.3, -0.25) is 19.1 Å². The highest BCUT2D eigenvalue weighted by atomic mass is 16.6. The summed E-state index contributed by atoms with van der Waals surface area (Å²) >= 11 is 0. The van der Waals surface area contributed by atoms with E-state index in [1.54, 1.807) is 7.11 Å². The maximum Gasteiger partial charge on any atom is 0.330 e. The normalized spacial score (nSPS) is 14.9. The second-order valence-corrected chi connectivity index (χ2v) is 8.10. The zero-order valence-electron chi connectivity index (χ0n) is 19.3. The van der Waals surface area contributed by atoms with Crippen molar-refractivity contribution in [1.82, 2.24) is 9.55 Å². The van der Waals surface area contributed by atoms with Crippen LogP contribution in [0.5, 0.6) is 0 Å². The molecule has 35 heavy (non-hydrogen) atoms. The average molecular weight is 478 g/mol. The van der Waals surface area contributed by atoms with Gasteiger partial charge in [-0.2, -0.15) is 0 Å². The second kappa shape index (κ2) is 10.8. The lowest BCUT2D eigenvalue weighted by Crippen LogP contribution is -2.46. The molecule has 0 radical (unpaired) electrons. The van der Waals surface area contributed by atoms with Crippen molar-refractivity contribution >= 4 is 23.1 Å². The van der Waals surface area contributed by atoms with E-state index in [9.17, 15) is 14.4 Å². The molecule has 10 heteroatoms. The minimum absolute atomic E-state index is 0.0987. The van der Waals surface area contributed by atoms with Crippen LogP contribution in [-0.4, -0.2) is 47.5 Å². The van der Waals surface area contributed by atoms with Crippen LogP contribution in [0.2, 0.25) is 0 Å². The second-order valence-electron chi connectivity index (χ2n) is 8.10. The summed E-state index contributed by atoms with van der Waals surface area (Å²) in [6.45, 7) is 0.642. The Morgan fingerprint density at radius 3 is 2.54 bits per heavy atom. The molecule has 182 valence electrons. The molecule has 1 aliphatic heterocycles. The van der Waals surface area contributed by atoms with E-state index in [1.165, 1.54) is 9.47 Å². The van der Waals surface area contributed by atoms with Gasteiger partial charge >= 0.3 is 5.69 Å². The zero-order chi connectivity index (χ0) is 24.8. The van der Waals surface area contributed by atoms with Crippen LogP contribution >= 0.6 is 0 Å². The van der Waals surface area contributed by atoms with Gasteiger partial charge in [-0.05, 0) is 17.5 Å². The van der Waals surface area contributed by atoms with Gasteiger partial charge in [-0.25, -0.2) is 4.79 Å². The Balaban J connectivity index is 1.66. The number of nitrogens with one attached hydrogen (secondary N) is 1. The maximum absolute atomic E-state index is 13.6. The van der Waals surface area contributed by atoms with Crippen LogP contribution in [0.25, 0.3) is 0 Å². The zero-order valence-corrected chi connectivity index (χ0v) is 19.3. The summed E-state index contributed by atoms with van der Waals surface area (Å²) in [5.74, 6) is -0.575. The molecule has 1 unspecified atom stereocenters. The molecule has 0 spiro atoms. The molecule has 2 heterocycles. The van der Waals surface area contributed by atoms with E-state index in [1.807, 2.05) is 60.7 Å². The number of nitrogens with zero attached hydrogens (tertiary/aromatic N) is 3. The summed E-state index contributed by atoms with van der Waals surface area (Å²) in [5.41, 5.74) is 7.14. The van der Waals surface area contributed by atoms with Crippen molar-refractivity contribution < 1.29 is 14.4 Å². The number of rotatable bonds is 9.